The van der Waals surface area contributed by atoms with E-state index in [1.54, 1.807) is 12.1 Å². The lowest BCUT2D eigenvalue weighted by Crippen LogP contribution is -2.22. The van der Waals surface area contributed by atoms with Gasteiger partial charge < -0.3 is 10.4 Å². The third-order valence-electron chi connectivity index (χ3n) is 3.78. The number of hydrogen-bond donors (Lipinski definition) is 2. The van der Waals surface area contributed by atoms with E-state index < -0.39 is 11.9 Å². The average molecular weight is 326 g/mol. The maximum Gasteiger partial charge on any atom is 0.306 e. The quantitative estimate of drug-likeness (QED) is 0.905. The third-order valence-corrected chi connectivity index (χ3v) is 4.64. The monoisotopic (exact) mass is 325 g/mol. The molecule has 2 aromatic rings. The van der Waals surface area contributed by atoms with E-state index in [4.69, 9.17) is 16.7 Å². The van der Waals surface area contributed by atoms with Gasteiger partial charge in [0.2, 0.25) is 5.91 Å². The third kappa shape index (κ3) is 2.71. The molecule has 0 aliphatic heterocycles. The fourth-order valence-electron chi connectivity index (χ4n) is 2.61. The zero-order chi connectivity index (χ0) is 15.0. The first kappa shape index (κ1) is 14.2. The largest absolute Gasteiger partial charge is 0.481 e. The van der Waals surface area contributed by atoms with Gasteiger partial charge in [-0.3, -0.25) is 9.59 Å². The number of benzene rings is 1. The van der Waals surface area contributed by atoms with Gasteiger partial charge in [-0.05, 0) is 31.4 Å². The summed E-state index contributed by atoms with van der Waals surface area (Å²) in [6.45, 7) is 0. The Morgan fingerprint density at radius 2 is 2.05 bits per heavy atom. The van der Waals surface area contributed by atoms with Crippen LogP contribution in [0.15, 0.2) is 12.1 Å². The highest BCUT2D eigenvalue weighted by Crippen LogP contribution is 2.34. The molecule has 2 atom stereocenters. The number of fused-ring (bicyclic) bond motifs is 1. The average Bonchev–Trinajstić information content (AvgIpc) is 3.09. The number of halogens is 1. The minimum atomic E-state index is -0.839. The van der Waals surface area contributed by atoms with Crippen LogP contribution in [0.2, 0.25) is 5.02 Å². The molecule has 110 valence electrons. The standard InChI is InChI=1S/C13H12ClN3O3S/c14-8-3-4-9-11(17-21-16-9)10(8)15-12(18)6-1-2-7(5-6)13(19)20/h3-4,6-7H,1-2,5H2,(H,15,18)(H,19,20)/t6-,7+/m1/s1. The molecule has 6 nitrogen and oxygen atoms in total. The first-order chi connectivity index (χ1) is 10.1. The number of nitrogens with zero attached hydrogens (tertiary/aromatic N) is 2. The molecule has 0 bridgehead atoms. The lowest BCUT2D eigenvalue weighted by Gasteiger charge is -2.12. The number of carboxylic acids is 1. The minimum Gasteiger partial charge on any atom is -0.481 e. The Morgan fingerprint density at radius 3 is 2.76 bits per heavy atom. The first-order valence-electron chi connectivity index (χ1n) is 6.50. The van der Waals surface area contributed by atoms with Crippen LogP contribution in [0.25, 0.3) is 11.0 Å². The number of rotatable bonds is 3. The highest BCUT2D eigenvalue weighted by Gasteiger charge is 2.34. The lowest BCUT2D eigenvalue weighted by atomic mass is 10.0. The van der Waals surface area contributed by atoms with Crippen molar-refractivity contribution in [2.75, 3.05) is 5.32 Å². The van der Waals surface area contributed by atoms with Crippen molar-refractivity contribution in [3.05, 3.63) is 17.2 Å². The number of aliphatic carboxylic acids is 1. The maximum absolute atomic E-state index is 12.3. The van der Waals surface area contributed by atoms with Crippen LogP contribution >= 0.6 is 23.3 Å². The number of aromatic nitrogens is 2. The van der Waals surface area contributed by atoms with Crippen LogP contribution in [0.4, 0.5) is 5.69 Å². The lowest BCUT2D eigenvalue weighted by molar-refractivity contribution is -0.141. The molecule has 0 unspecified atom stereocenters. The molecule has 1 saturated carbocycles. The molecule has 0 saturated heterocycles. The van der Waals surface area contributed by atoms with Crippen molar-refractivity contribution in [3.63, 3.8) is 0 Å². The molecule has 0 spiro atoms. The van der Waals surface area contributed by atoms with E-state index in [0.717, 1.165) is 11.7 Å². The van der Waals surface area contributed by atoms with Gasteiger partial charge in [-0.15, -0.1) is 0 Å². The maximum atomic E-state index is 12.3. The predicted molar refractivity (Wildman–Crippen MR) is 79.5 cm³/mol. The van der Waals surface area contributed by atoms with Crippen molar-refractivity contribution in [3.8, 4) is 0 Å². The normalized spacial score (nSPS) is 21.6. The molecule has 1 fully saturated rings. The molecule has 3 rings (SSSR count). The predicted octanol–water partition coefficient (Wildman–Crippen LogP) is 2.78. The fraction of sp³-hybridized carbons (Fsp3) is 0.385. The van der Waals surface area contributed by atoms with Crippen molar-refractivity contribution >= 4 is 51.9 Å². The van der Waals surface area contributed by atoms with E-state index in [9.17, 15) is 9.59 Å². The second kappa shape index (κ2) is 5.57. The van der Waals surface area contributed by atoms with Gasteiger partial charge in [0.15, 0.2) is 0 Å². The van der Waals surface area contributed by atoms with E-state index in [1.807, 2.05) is 0 Å². The van der Waals surface area contributed by atoms with Crippen LogP contribution in [0.5, 0.6) is 0 Å². The Balaban J connectivity index is 1.79. The number of nitrogens with one attached hydrogen (secondary N) is 1. The summed E-state index contributed by atoms with van der Waals surface area (Å²) in [6.07, 6.45) is 1.47. The molecule has 2 N–H and O–H groups in total. The van der Waals surface area contributed by atoms with E-state index in [2.05, 4.69) is 14.1 Å². The molecule has 1 heterocycles. The van der Waals surface area contributed by atoms with Gasteiger partial charge in [-0.2, -0.15) is 8.75 Å². The topological polar surface area (TPSA) is 92.2 Å². The molecule has 1 amide bonds. The van der Waals surface area contributed by atoms with Gasteiger partial charge in [0.1, 0.15) is 11.0 Å². The molecule has 21 heavy (non-hydrogen) atoms. The first-order valence-corrected chi connectivity index (χ1v) is 7.61. The minimum absolute atomic E-state index is 0.207. The Morgan fingerprint density at radius 1 is 1.29 bits per heavy atom. The smallest absolute Gasteiger partial charge is 0.306 e. The molecule has 1 aliphatic rings. The second-order valence-electron chi connectivity index (χ2n) is 5.09. The summed E-state index contributed by atoms with van der Waals surface area (Å²) < 4.78 is 8.24. The highest BCUT2D eigenvalue weighted by atomic mass is 35.5. The summed E-state index contributed by atoms with van der Waals surface area (Å²) >= 11 is 7.17. The summed E-state index contributed by atoms with van der Waals surface area (Å²) in [6, 6.07) is 3.41. The molecule has 1 aliphatic carbocycles. The Kier molecular flexibility index (Phi) is 3.77. The molecule has 0 radical (unpaired) electrons. The molecular weight excluding hydrogens is 314 g/mol. The van der Waals surface area contributed by atoms with Crippen LogP contribution in [0, 0.1) is 11.8 Å². The number of carbonyl (C=O) groups is 2. The number of amides is 1. The zero-order valence-electron chi connectivity index (χ0n) is 10.9. The van der Waals surface area contributed by atoms with Crippen molar-refractivity contribution in [2.45, 2.75) is 19.3 Å². The van der Waals surface area contributed by atoms with Gasteiger partial charge in [-0.25, -0.2) is 0 Å². The SMILES string of the molecule is O=C(O)[C@H]1CC[C@@H](C(=O)Nc2c(Cl)ccc3nsnc23)C1. The number of carbonyl (C=O) groups excluding carboxylic acids is 1. The summed E-state index contributed by atoms with van der Waals surface area (Å²) in [5.74, 6) is -1.78. The molecule has 1 aromatic heterocycles. The summed E-state index contributed by atoms with van der Waals surface area (Å²) in [7, 11) is 0. The summed E-state index contributed by atoms with van der Waals surface area (Å²) in [4.78, 5) is 23.2. The number of hydrogen-bond acceptors (Lipinski definition) is 5. The Bertz CT molecular complexity index is 718. The second-order valence-corrected chi connectivity index (χ2v) is 6.02. The molecule has 1 aromatic carbocycles. The van der Waals surface area contributed by atoms with Crippen molar-refractivity contribution < 1.29 is 14.7 Å². The Hall–Kier alpha value is -1.73. The van der Waals surface area contributed by atoms with Gasteiger partial charge in [0, 0.05) is 5.92 Å². The van der Waals surface area contributed by atoms with Gasteiger partial charge in [-0.1, -0.05) is 11.6 Å². The van der Waals surface area contributed by atoms with Crippen molar-refractivity contribution in [2.24, 2.45) is 11.8 Å². The highest BCUT2D eigenvalue weighted by molar-refractivity contribution is 7.00. The van der Waals surface area contributed by atoms with E-state index in [1.165, 1.54) is 0 Å². The van der Waals surface area contributed by atoms with E-state index >= 15 is 0 Å². The van der Waals surface area contributed by atoms with Crippen LogP contribution in [-0.4, -0.2) is 25.7 Å². The van der Waals surface area contributed by atoms with Crippen LogP contribution < -0.4 is 5.32 Å². The van der Waals surface area contributed by atoms with Crippen LogP contribution in [0.3, 0.4) is 0 Å². The van der Waals surface area contributed by atoms with Crippen LogP contribution in [0.1, 0.15) is 19.3 Å². The Labute approximate surface area is 129 Å². The fourth-order valence-corrected chi connectivity index (χ4v) is 3.36. The van der Waals surface area contributed by atoms with Crippen molar-refractivity contribution in [1.82, 2.24) is 8.75 Å². The molecular formula is C13H12ClN3O3S. The number of anilines is 1. The summed E-state index contributed by atoms with van der Waals surface area (Å²) in [5.41, 5.74) is 1.69. The van der Waals surface area contributed by atoms with E-state index in [0.29, 0.717) is 41.0 Å². The van der Waals surface area contributed by atoms with Gasteiger partial charge in [0.05, 0.1) is 28.4 Å². The zero-order valence-corrected chi connectivity index (χ0v) is 12.4. The van der Waals surface area contributed by atoms with E-state index in [-0.39, 0.29) is 11.8 Å². The van der Waals surface area contributed by atoms with Gasteiger partial charge in [0.25, 0.3) is 0 Å². The number of carboxylic acid groups (broad SMARTS) is 1. The summed E-state index contributed by atoms with van der Waals surface area (Å²) in [5, 5.41) is 12.2. The van der Waals surface area contributed by atoms with Crippen LogP contribution in [-0.2, 0) is 9.59 Å². The van der Waals surface area contributed by atoms with Gasteiger partial charge >= 0.3 is 5.97 Å². The molecule has 8 heteroatoms. The van der Waals surface area contributed by atoms with Crippen molar-refractivity contribution in [1.29, 1.82) is 0 Å².